The fourth-order valence-electron chi connectivity index (χ4n) is 4.98. The zero-order chi connectivity index (χ0) is 27.0. The maximum absolute atomic E-state index is 14.1. The molecule has 0 unspecified atom stereocenters. The minimum atomic E-state index is -4.58. The highest BCUT2D eigenvalue weighted by Crippen LogP contribution is 2.44. The Labute approximate surface area is 221 Å². The summed E-state index contributed by atoms with van der Waals surface area (Å²) in [5, 5.41) is 10.2. The van der Waals surface area contributed by atoms with Gasteiger partial charge in [-0.3, -0.25) is 4.79 Å². The van der Waals surface area contributed by atoms with Gasteiger partial charge in [0, 0.05) is 17.4 Å². The van der Waals surface area contributed by atoms with Crippen molar-refractivity contribution in [3.05, 3.63) is 57.6 Å². The number of alkyl halides is 3. The monoisotopic (exact) mass is 548 g/mol. The molecule has 2 N–H and O–H groups in total. The van der Waals surface area contributed by atoms with Crippen molar-refractivity contribution in [2.24, 2.45) is 0 Å². The Balaban J connectivity index is 1.44. The Kier molecular flexibility index (Phi) is 7.08. The maximum atomic E-state index is 14.1. The number of rotatable bonds is 6. The first kappa shape index (κ1) is 26.1. The number of aromatic nitrogens is 2. The second-order valence-corrected chi connectivity index (χ2v) is 10.3. The van der Waals surface area contributed by atoms with Crippen molar-refractivity contribution in [3.8, 4) is 5.75 Å². The molecule has 12 heteroatoms. The van der Waals surface area contributed by atoms with Crippen molar-refractivity contribution in [1.29, 1.82) is 0 Å². The van der Waals surface area contributed by atoms with Crippen LogP contribution in [0.4, 0.5) is 24.0 Å². The number of benzene rings is 1. The molecule has 0 saturated carbocycles. The summed E-state index contributed by atoms with van der Waals surface area (Å²) in [6.45, 7) is 1.89. The van der Waals surface area contributed by atoms with Gasteiger partial charge in [0.1, 0.15) is 16.6 Å². The van der Waals surface area contributed by atoms with Crippen LogP contribution < -0.4 is 15.4 Å². The van der Waals surface area contributed by atoms with Gasteiger partial charge in [-0.15, -0.1) is 11.3 Å². The number of hydrogen-bond acceptors (Lipinski definition) is 7. The van der Waals surface area contributed by atoms with Crippen LogP contribution in [0, 0.1) is 0 Å². The summed E-state index contributed by atoms with van der Waals surface area (Å²) in [6.07, 6.45) is -1.46. The van der Waals surface area contributed by atoms with Crippen LogP contribution in [0.5, 0.6) is 5.75 Å². The van der Waals surface area contributed by atoms with Crippen LogP contribution in [0.1, 0.15) is 75.1 Å². The van der Waals surface area contributed by atoms with E-state index >= 15 is 0 Å². The van der Waals surface area contributed by atoms with Gasteiger partial charge in [0.15, 0.2) is 11.7 Å². The highest BCUT2D eigenvalue weighted by atomic mass is 32.1. The third-order valence-corrected chi connectivity index (χ3v) is 8.03. The lowest BCUT2D eigenvalue weighted by Crippen LogP contribution is -2.35. The summed E-state index contributed by atoms with van der Waals surface area (Å²) in [5.41, 5.74) is 1.68. The first-order chi connectivity index (χ1) is 18.2. The number of nitrogens with one attached hydrogen (secondary N) is 2. The number of nitrogens with zero attached hydrogens (tertiary/aromatic N) is 2. The third-order valence-electron chi connectivity index (χ3n) is 6.82. The highest BCUT2D eigenvalue weighted by molar-refractivity contribution is 7.17. The lowest BCUT2D eigenvalue weighted by atomic mass is 9.95. The van der Waals surface area contributed by atoms with Crippen molar-refractivity contribution >= 4 is 34.0 Å². The molecule has 0 bridgehead atoms. The fourth-order valence-corrected chi connectivity index (χ4v) is 6.25. The molecule has 0 fully saturated rings. The fraction of sp³-hybridized carbons (Fsp3) is 0.423. The molecular formula is C26H27F3N4O4S. The van der Waals surface area contributed by atoms with E-state index < -0.39 is 30.1 Å². The van der Waals surface area contributed by atoms with Gasteiger partial charge in [0.25, 0.3) is 5.91 Å². The van der Waals surface area contributed by atoms with E-state index in [4.69, 9.17) is 9.47 Å². The van der Waals surface area contributed by atoms with Crippen molar-refractivity contribution in [3.63, 3.8) is 0 Å². The van der Waals surface area contributed by atoms with E-state index in [-0.39, 0.29) is 24.5 Å². The van der Waals surface area contributed by atoms with Gasteiger partial charge in [-0.2, -0.15) is 18.3 Å². The molecule has 0 spiro atoms. The number of anilines is 2. The average Bonchev–Trinajstić information content (AvgIpc) is 3.49. The molecule has 1 aliphatic carbocycles. The second kappa shape index (κ2) is 10.3. The van der Waals surface area contributed by atoms with E-state index in [1.807, 2.05) is 0 Å². The molecule has 8 nitrogen and oxygen atoms in total. The van der Waals surface area contributed by atoms with Crippen LogP contribution in [0.15, 0.2) is 30.3 Å². The molecule has 38 heavy (non-hydrogen) atoms. The summed E-state index contributed by atoms with van der Waals surface area (Å²) in [5.74, 6) is -0.536. The predicted octanol–water partition coefficient (Wildman–Crippen LogP) is 5.92. The molecule has 5 rings (SSSR count). The largest absolute Gasteiger partial charge is 0.497 e. The number of methoxy groups -OCH3 is 1. The molecule has 0 saturated heterocycles. The van der Waals surface area contributed by atoms with Crippen molar-refractivity contribution < 1.29 is 32.2 Å². The quantitative estimate of drug-likeness (QED) is 0.372. The minimum Gasteiger partial charge on any atom is -0.497 e. The van der Waals surface area contributed by atoms with Crippen LogP contribution in [0.3, 0.4) is 0 Å². The molecule has 3 aromatic rings. The third kappa shape index (κ3) is 4.96. The number of ether oxygens (including phenoxy) is 2. The number of aryl methyl sites for hydroxylation is 1. The molecule has 202 valence electrons. The number of carbonyl (C=O) groups is 2. The minimum absolute atomic E-state index is 0.0839. The van der Waals surface area contributed by atoms with E-state index in [9.17, 15) is 22.8 Å². The van der Waals surface area contributed by atoms with Gasteiger partial charge in [0.05, 0.1) is 25.3 Å². The average molecular weight is 549 g/mol. The van der Waals surface area contributed by atoms with E-state index in [0.29, 0.717) is 28.3 Å². The maximum Gasteiger partial charge on any atom is 0.410 e. The lowest BCUT2D eigenvalue weighted by Gasteiger charge is -2.33. The molecule has 1 aliphatic heterocycles. The predicted molar refractivity (Wildman–Crippen MR) is 136 cm³/mol. The number of thiophene rings is 1. The number of halogens is 3. The smallest absolute Gasteiger partial charge is 0.410 e. The topological polar surface area (TPSA) is 94.5 Å². The standard InChI is InChI=1S/C26H27F3N4O4S/c1-3-37-25(35)22-16-6-4-5-7-19(16)38-24(22)31-23(34)18-13-21-30-17(14-8-10-15(36-2)11-9-14)12-20(26(27,28)29)33(21)32-18/h8-11,13,17,20,30H,3-7,12H2,1-2H3,(H,31,34)/t17-,20+/m0/s1. The number of amides is 1. The van der Waals surface area contributed by atoms with E-state index in [1.165, 1.54) is 24.5 Å². The summed E-state index contributed by atoms with van der Waals surface area (Å²) in [4.78, 5) is 26.9. The van der Waals surface area contributed by atoms with Gasteiger partial charge in [0.2, 0.25) is 0 Å². The molecule has 2 aliphatic rings. The molecule has 2 atom stereocenters. The van der Waals surface area contributed by atoms with Crippen LogP contribution in [0.2, 0.25) is 0 Å². The van der Waals surface area contributed by atoms with Crippen LogP contribution >= 0.6 is 11.3 Å². The molecule has 0 radical (unpaired) electrons. The van der Waals surface area contributed by atoms with Gasteiger partial charge in [-0.05, 0) is 55.9 Å². The Morgan fingerprint density at radius 2 is 1.95 bits per heavy atom. The summed E-state index contributed by atoms with van der Waals surface area (Å²) < 4.78 is 53.4. The Bertz CT molecular complexity index is 1350. The van der Waals surface area contributed by atoms with Crippen LogP contribution in [-0.4, -0.2) is 41.5 Å². The van der Waals surface area contributed by atoms with Crippen molar-refractivity contribution in [2.45, 2.75) is 57.3 Å². The van der Waals surface area contributed by atoms with E-state index in [0.717, 1.165) is 34.4 Å². The van der Waals surface area contributed by atoms with Gasteiger partial charge in [-0.25, -0.2) is 9.48 Å². The first-order valence-electron chi connectivity index (χ1n) is 12.4. The first-order valence-corrected chi connectivity index (χ1v) is 13.2. The van der Waals surface area contributed by atoms with E-state index in [1.54, 1.807) is 31.2 Å². The van der Waals surface area contributed by atoms with Crippen molar-refractivity contribution in [2.75, 3.05) is 24.4 Å². The number of hydrogen-bond donors (Lipinski definition) is 2. The second-order valence-electron chi connectivity index (χ2n) is 9.21. The van der Waals surface area contributed by atoms with Crippen molar-refractivity contribution in [1.82, 2.24) is 9.78 Å². The molecule has 3 heterocycles. The van der Waals surface area contributed by atoms with Gasteiger partial charge in [-0.1, -0.05) is 12.1 Å². The summed E-state index contributed by atoms with van der Waals surface area (Å²) >= 11 is 1.31. The zero-order valence-corrected chi connectivity index (χ0v) is 21.7. The molecular weight excluding hydrogens is 521 g/mol. The zero-order valence-electron chi connectivity index (χ0n) is 20.9. The Hall–Kier alpha value is -3.54. The SMILES string of the molecule is CCOC(=O)c1c(NC(=O)c2cc3n(n2)[C@@H](C(F)(F)F)C[C@@H](c2ccc(OC)cc2)N3)sc2c1CCCC2. The summed E-state index contributed by atoms with van der Waals surface area (Å²) in [7, 11) is 1.51. The molecule has 1 aromatic carbocycles. The van der Waals surface area contributed by atoms with Crippen LogP contribution in [-0.2, 0) is 17.6 Å². The number of esters is 1. The van der Waals surface area contributed by atoms with Gasteiger partial charge >= 0.3 is 12.1 Å². The Morgan fingerprint density at radius 3 is 2.63 bits per heavy atom. The number of fused-ring (bicyclic) bond motifs is 2. The van der Waals surface area contributed by atoms with E-state index in [2.05, 4.69) is 15.7 Å². The normalized spacial score (nSPS) is 18.7. The Morgan fingerprint density at radius 1 is 1.21 bits per heavy atom. The molecule has 1 amide bonds. The highest BCUT2D eigenvalue weighted by Gasteiger charge is 2.47. The van der Waals surface area contributed by atoms with Crippen LogP contribution in [0.25, 0.3) is 0 Å². The summed E-state index contributed by atoms with van der Waals surface area (Å²) in [6, 6.07) is 5.53. The van der Waals surface area contributed by atoms with Gasteiger partial charge < -0.3 is 20.1 Å². The lowest BCUT2D eigenvalue weighted by molar-refractivity contribution is -0.173. The number of carbonyl (C=O) groups excluding carboxylic acids is 2. The molecule has 2 aromatic heterocycles.